The summed E-state index contributed by atoms with van der Waals surface area (Å²) in [5.74, 6) is -0.0843. The van der Waals surface area contributed by atoms with Crippen molar-refractivity contribution in [3.63, 3.8) is 0 Å². The van der Waals surface area contributed by atoms with Crippen molar-refractivity contribution < 1.29 is 18.0 Å². The highest BCUT2D eigenvalue weighted by molar-refractivity contribution is 14.0. The van der Waals surface area contributed by atoms with E-state index in [2.05, 4.69) is 20.9 Å². The maximum atomic E-state index is 12.1. The zero-order valence-electron chi connectivity index (χ0n) is 14.0. The number of rotatable bonds is 8. The highest BCUT2D eigenvalue weighted by atomic mass is 127. The minimum absolute atomic E-state index is 0. The van der Waals surface area contributed by atoms with Crippen LogP contribution in [-0.4, -0.2) is 44.2 Å². The predicted octanol–water partition coefficient (Wildman–Crippen LogP) is 2.47. The monoisotopic (exact) mass is 472 g/mol. The molecule has 5 nitrogen and oxygen atoms in total. The molecule has 9 heteroatoms. The first kappa shape index (κ1) is 23.5. The third-order valence-corrected chi connectivity index (χ3v) is 3.00. The Morgan fingerprint density at radius 3 is 2.36 bits per heavy atom. The van der Waals surface area contributed by atoms with Gasteiger partial charge in [0.25, 0.3) is 0 Å². The van der Waals surface area contributed by atoms with Crippen LogP contribution >= 0.6 is 24.0 Å². The number of hydrogen-bond donors (Lipinski definition) is 3. The average Bonchev–Trinajstić information content (AvgIpc) is 2.52. The number of guanidine groups is 1. The van der Waals surface area contributed by atoms with Gasteiger partial charge in [0.1, 0.15) is 6.54 Å². The second-order valence-corrected chi connectivity index (χ2v) is 5.07. The van der Waals surface area contributed by atoms with E-state index in [4.69, 9.17) is 0 Å². The van der Waals surface area contributed by atoms with Crippen LogP contribution in [0.15, 0.2) is 35.3 Å². The van der Waals surface area contributed by atoms with Crippen LogP contribution in [0.5, 0.6) is 0 Å². The van der Waals surface area contributed by atoms with Gasteiger partial charge in [-0.15, -0.1) is 24.0 Å². The van der Waals surface area contributed by atoms with Gasteiger partial charge < -0.3 is 16.0 Å². The number of carbonyl (C=O) groups is 1. The lowest BCUT2D eigenvalue weighted by atomic mass is 10.1. The summed E-state index contributed by atoms with van der Waals surface area (Å²) in [6.45, 7) is 2.34. The largest absolute Gasteiger partial charge is 0.390 e. The van der Waals surface area contributed by atoms with Crippen LogP contribution in [-0.2, 0) is 11.2 Å². The van der Waals surface area contributed by atoms with Crippen molar-refractivity contribution in [2.45, 2.75) is 25.9 Å². The van der Waals surface area contributed by atoms with Gasteiger partial charge in [0.2, 0.25) is 5.91 Å². The van der Waals surface area contributed by atoms with E-state index in [1.807, 2.05) is 30.3 Å². The molecule has 0 aliphatic carbocycles. The first-order valence-electron chi connectivity index (χ1n) is 7.80. The summed E-state index contributed by atoms with van der Waals surface area (Å²) >= 11 is 0. The predicted molar refractivity (Wildman–Crippen MR) is 103 cm³/mol. The summed E-state index contributed by atoms with van der Waals surface area (Å²) in [6, 6.07) is 9.72. The maximum absolute atomic E-state index is 12.1. The lowest BCUT2D eigenvalue weighted by Crippen LogP contribution is -2.40. The molecule has 0 aliphatic rings. The maximum Gasteiger partial charge on any atom is 0.390 e. The van der Waals surface area contributed by atoms with E-state index in [0.29, 0.717) is 19.5 Å². The smallest absolute Gasteiger partial charge is 0.357 e. The van der Waals surface area contributed by atoms with Crippen LogP contribution in [0.25, 0.3) is 0 Å². The molecule has 0 unspecified atom stereocenters. The zero-order valence-corrected chi connectivity index (χ0v) is 16.4. The minimum Gasteiger partial charge on any atom is -0.357 e. The first-order chi connectivity index (χ1) is 11.4. The van der Waals surface area contributed by atoms with Gasteiger partial charge in [-0.05, 0) is 18.9 Å². The fraction of sp³-hybridized carbons (Fsp3) is 0.500. The van der Waals surface area contributed by atoms with Gasteiger partial charge in [0, 0.05) is 19.6 Å². The van der Waals surface area contributed by atoms with Gasteiger partial charge in [0.15, 0.2) is 5.96 Å². The van der Waals surface area contributed by atoms with E-state index in [-0.39, 0.29) is 48.9 Å². The molecule has 1 aromatic rings. The van der Waals surface area contributed by atoms with Crippen LogP contribution in [0.2, 0.25) is 0 Å². The molecular weight excluding hydrogens is 448 g/mol. The van der Waals surface area contributed by atoms with Gasteiger partial charge in [-0.3, -0.25) is 4.79 Å². The average molecular weight is 472 g/mol. The van der Waals surface area contributed by atoms with Crippen molar-refractivity contribution in [3.05, 3.63) is 35.9 Å². The quantitative estimate of drug-likeness (QED) is 0.310. The Morgan fingerprint density at radius 2 is 1.76 bits per heavy atom. The van der Waals surface area contributed by atoms with E-state index in [1.165, 1.54) is 0 Å². The number of nitrogens with zero attached hydrogens (tertiary/aromatic N) is 1. The normalized spacial score (nSPS) is 11.4. The van der Waals surface area contributed by atoms with Gasteiger partial charge in [-0.1, -0.05) is 30.3 Å². The second-order valence-electron chi connectivity index (χ2n) is 5.07. The van der Waals surface area contributed by atoms with Gasteiger partial charge in [0.05, 0.1) is 6.42 Å². The Bertz CT molecular complexity index is 524. The second kappa shape index (κ2) is 12.8. The Labute approximate surface area is 162 Å². The van der Waals surface area contributed by atoms with Crippen molar-refractivity contribution in [3.8, 4) is 0 Å². The number of nitrogens with one attached hydrogen (secondary N) is 3. The Balaban J connectivity index is 0.00000576. The lowest BCUT2D eigenvalue weighted by molar-refractivity contribution is -0.132. The van der Waals surface area contributed by atoms with E-state index in [0.717, 1.165) is 5.56 Å². The number of hydrogen-bond acceptors (Lipinski definition) is 2. The lowest BCUT2D eigenvalue weighted by Gasteiger charge is -2.12. The van der Waals surface area contributed by atoms with E-state index < -0.39 is 12.6 Å². The van der Waals surface area contributed by atoms with Gasteiger partial charge in [-0.25, -0.2) is 4.99 Å². The molecule has 0 fully saturated rings. The van der Waals surface area contributed by atoms with Crippen LogP contribution in [0.4, 0.5) is 13.2 Å². The molecule has 0 heterocycles. The Morgan fingerprint density at radius 1 is 1.08 bits per heavy atom. The molecule has 3 N–H and O–H groups in total. The fourth-order valence-electron chi connectivity index (χ4n) is 1.86. The summed E-state index contributed by atoms with van der Waals surface area (Å²) < 4.78 is 36.4. The molecule has 0 aliphatic heterocycles. The zero-order chi connectivity index (χ0) is 17.8. The van der Waals surface area contributed by atoms with Crippen molar-refractivity contribution in [2.24, 2.45) is 4.99 Å². The summed E-state index contributed by atoms with van der Waals surface area (Å²) in [4.78, 5) is 15.7. The SMILES string of the molecule is CCNC(=NCC(=O)NCCc1ccccc1)NCCC(F)(F)F.I. The summed E-state index contributed by atoms with van der Waals surface area (Å²) in [6.07, 6.45) is -4.47. The molecule has 0 aromatic heterocycles. The third kappa shape index (κ3) is 12.5. The first-order valence-corrected chi connectivity index (χ1v) is 7.80. The van der Waals surface area contributed by atoms with Crippen molar-refractivity contribution >= 4 is 35.8 Å². The van der Waals surface area contributed by atoms with Crippen molar-refractivity contribution in [2.75, 3.05) is 26.2 Å². The molecule has 0 saturated carbocycles. The number of amides is 1. The van der Waals surface area contributed by atoms with Gasteiger partial charge >= 0.3 is 6.18 Å². The molecule has 1 amide bonds. The molecule has 0 saturated heterocycles. The number of alkyl halides is 3. The molecular formula is C16H24F3IN4O. The summed E-state index contributed by atoms with van der Waals surface area (Å²) in [5.41, 5.74) is 1.11. The molecule has 0 radical (unpaired) electrons. The molecule has 0 bridgehead atoms. The van der Waals surface area contributed by atoms with Crippen LogP contribution in [0.1, 0.15) is 18.9 Å². The minimum atomic E-state index is -4.22. The topological polar surface area (TPSA) is 65.5 Å². The van der Waals surface area contributed by atoms with Crippen molar-refractivity contribution in [1.29, 1.82) is 0 Å². The molecule has 142 valence electrons. The number of aliphatic imine (C=N–C) groups is 1. The Hall–Kier alpha value is -1.52. The number of halogens is 4. The molecule has 1 aromatic carbocycles. The van der Waals surface area contributed by atoms with E-state index in [1.54, 1.807) is 6.92 Å². The summed E-state index contributed by atoms with van der Waals surface area (Å²) in [5, 5.41) is 8.08. The number of benzene rings is 1. The van der Waals surface area contributed by atoms with E-state index >= 15 is 0 Å². The molecule has 0 spiro atoms. The molecule has 1 rings (SSSR count). The van der Waals surface area contributed by atoms with Crippen LogP contribution in [0, 0.1) is 0 Å². The highest BCUT2D eigenvalue weighted by Gasteiger charge is 2.26. The molecule has 25 heavy (non-hydrogen) atoms. The third-order valence-electron chi connectivity index (χ3n) is 3.00. The number of carbonyl (C=O) groups excluding carboxylic acids is 1. The van der Waals surface area contributed by atoms with Crippen molar-refractivity contribution in [1.82, 2.24) is 16.0 Å². The summed E-state index contributed by atoms with van der Waals surface area (Å²) in [7, 11) is 0. The Kier molecular flexibility index (Phi) is 12.0. The fourth-order valence-corrected chi connectivity index (χ4v) is 1.86. The van der Waals surface area contributed by atoms with Gasteiger partial charge in [-0.2, -0.15) is 13.2 Å². The highest BCUT2D eigenvalue weighted by Crippen LogP contribution is 2.17. The van der Waals surface area contributed by atoms with E-state index in [9.17, 15) is 18.0 Å². The molecule has 0 atom stereocenters. The standard InChI is InChI=1S/C16H23F3N4O.HI/c1-2-20-15(22-11-9-16(17,18)19)23-12-14(24)21-10-8-13-6-4-3-5-7-13;/h3-7H,2,8-12H2,1H3,(H,21,24)(H2,20,22,23);1H. The van der Waals surface area contributed by atoms with Crippen LogP contribution in [0.3, 0.4) is 0 Å². The van der Waals surface area contributed by atoms with Crippen LogP contribution < -0.4 is 16.0 Å².